The van der Waals surface area contributed by atoms with Gasteiger partial charge in [-0.3, -0.25) is 9.78 Å². The first-order valence-electron chi connectivity index (χ1n) is 8.14. The van der Waals surface area contributed by atoms with Gasteiger partial charge < -0.3 is 24.4 Å². The maximum atomic E-state index is 12.1. The summed E-state index contributed by atoms with van der Waals surface area (Å²) in [6.07, 6.45) is 2.58. The summed E-state index contributed by atoms with van der Waals surface area (Å²) >= 11 is 0. The van der Waals surface area contributed by atoms with E-state index < -0.39 is 6.10 Å². The molecule has 0 bridgehead atoms. The first-order valence-corrected chi connectivity index (χ1v) is 8.14. The summed E-state index contributed by atoms with van der Waals surface area (Å²) in [5, 5.41) is 16.5. The SMILES string of the molecule is O=C(CCc1nc(-c2ccncc2)no1)N[C@H]1CO[C@H]2[C@@H]1OC[C@H]2O. The van der Waals surface area contributed by atoms with Crippen molar-refractivity contribution in [1.82, 2.24) is 20.4 Å². The Bertz CT molecular complexity index is 737. The van der Waals surface area contributed by atoms with Gasteiger partial charge in [-0.15, -0.1) is 0 Å². The van der Waals surface area contributed by atoms with E-state index in [1.807, 2.05) is 0 Å². The summed E-state index contributed by atoms with van der Waals surface area (Å²) in [6, 6.07) is 3.33. The molecule has 4 atom stereocenters. The molecule has 0 radical (unpaired) electrons. The summed E-state index contributed by atoms with van der Waals surface area (Å²) in [6.45, 7) is 0.576. The largest absolute Gasteiger partial charge is 0.388 e. The molecule has 9 heteroatoms. The van der Waals surface area contributed by atoms with E-state index in [-0.39, 0.29) is 37.2 Å². The van der Waals surface area contributed by atoms with Crippen LogP contribution in [0.5, 0.6) is 0 Å². The number of aromatic nitrogens is 3. The van der Waals surface area contributed by atoms with Crippen molar-refractivity contribution in [1.29, 1.82) is 0 Å². The van der Waals surface area contributed by atoms with Crippen LogP contribution >= 0.6 is 0 Å². The minimum Gasteiger partial charge on any atom is -0.388 e. The van der Waals surface area contributed by atoms with E-state index in [2.05, 4.69) is 20.4 Å². The summed E-state index contributed by atoms with van der Waals surface area (Å²) in [5.41, 5.74) is 0.806. The van der Waals surface area contributed by atoms with Gasteiger partial charge in [0.15, 0.2) is 0 Å². The van der Waals surface area contributed by atoms with Crippen molar-refractivity contribution in [3.63, 3.8) is 0 Å². The minimum atomic E-state index is -0.628. The van der Waals surface area contributed by atoms with Crippen molar-refractivity contribution in [3.05, 3.63) is 30.4 Å². The maximum absolute atomic E-state index is 12.1. The highest BCUT2D eigenvalue weighted by Gasteiger charge is 2.47. The smallest absolute Gasteiger partial charge is 0.227 e. The van der Waals surface area contributed by atoms with Gasteiger partial charge in [0, 0.05) is 30.8 Å². The number of hydrogen-bond donors (Lipinski definition) is 2. The van der Waals surface area contributed by atoms with Crippen LogP contribution in [-0.4, -0.2) is 63.7 Å². The molecule has 0 aromatic carbocycles. The van der Waals surface area contributed by atoms with Crippen LogP contribution in [0.1, 0.15) is 12.3 Å². The molecule has 2 fully saturated rings. The fourth-order valence-electron chi connectivity index (χ4n) is 3.08. The number of pyridine rings is 1. The van der Waals surface area contributed by atoms with E-state index in [0.29, 0.717) is 24.7 Å². The lowest BCUT2D eigenvalue weighted by Gasteiger charge is -2.17. The number of hydrogen-bond acceptors (Lipinski definition) is 8. The third kappa shape index (κ3) is 3.39. The number of aryl methyl sites for hydroxylation is 1. The van der Waals surface area contributed by atoms with Gasteiger partial charge in [0.25, 0.3) is 0 Å². The maximum Gasteiger partial charge on any atom is 0.227 e. The summed E-state index contributed by atoms with van der Waals surface area (Å²) < 4.78 is 16.1. The van der Waals surface area contributed by atoms with Crippen molar-refractivity contribution in [2.75, 3.05) is 13.2 Å². The van der Waals surface area contributed by atoms with E-state index in [9.17, 15) is 9.90 Å². The molecule has 25 heavy (non-hydrogen) atoms. The molecule has 9 nitrogen and oxygen atoms in total. The number of carbonyl (C=O) groups is 1. The fourth-order valence-corrected chi connectivity index (χ4v) is 3.08. The minimum absolute atomic E-state index is 0.150. The highest BCUT2D eigenvalue weighted by Crippen LogP contribution is 2.27. The van der Waals surface area contributed by atoms with Gasteiger partial charge in [0.1, 0.15) is 18.3 Å². The molecule has 4 rings (SSSR count). The molecule has 0 unspecified atom stereocenters. The van der Waals surface area contributed by atoms with Crippen molar-refractivity contribution in [2.24, 2.45) is 0 Å². The molecule has 2 saturated heterocycles. The Morgan fingerprint density at radius 1 is 1.24 bits per heavy atom. The van der Waals surface area contributed by atoms with Gasteiger partial charge in [-0.2, -0.15) is 4.98 Å². The standard InChI is InChI=1S/C16H18N4O5/c21-11-8-24-14-10(7-23-15(11)14)18-12(22)1-2-13-19-16(20-25-13)9-3-5-17-6-4-9/h3-6,10-11,14-15,21H,1-2,7-8H2,(H,18,22)/t10-,11+,14+,15+/m0/s1. The number of aliphatic hydroxyl groups is 1. The lowest BCUT2D eigenvalue weighted by atomic mass is 10.1. The molecular weight excluding hydrogens is 328 g/mol. The van der Waals surface area contributed by atoms with Crippen LogP contribution in [0.25, 0.3) is 11.4 Å². The normalized spacial score (nSPS) is 28.0. The average molecular weight is 346 g/mol. The van der Waals surface area contributed by atoms with Crippen LogP contribution in [-0.2, 0) is 20.7 Å². The Balaban J connectivity index is 1.29. The molecule has 0 saturated carbocycles. The predicted octanol–water partition coefficient (Wildman–Crippen LogP) is -0.293. The molecule has 2 aliphatic heterocycles. The van der Waals surface area contributed by atoms with Gasteiger partial charge in [-0.25, -0.2) is 0 Å². The van der Waals surface area contributed by atoms with Crippen molar-refractivity contribution in [2.45, 2.75) is 37.2 Å². The molecule has 0 aliphatic carbocycles. The molecule has 2 aromatic heterocycles. The second-order valence-electron chi connectivity index (χ2n) is 6.08. The number of amides is 1. The average Bonchev–Trinajstić information content (AvgIpc) is 3.34. The monoisotopic (exact) mass is 346 g/mol. The predicted molar refractivity (Wildman–Crippen MR) is 83.3 cm³/mol. The topological polar surface area (TPSA) is 120 Å². The summed E-state index contributed by atoms with van der Waals surface area (Å²) in [7, 11) is 0. The van der Waals surface area contributed by atoms with Gasteiger partial charge in [0.05, 0.1) is 19.3 Å². The Morgan fingerprint density at radius 3 is 2.88 bits per heavy atom. The Kier molecular flexibility index (Phi) is 4.43. The van der Waals surface area contributed by atoms with Gasteiger partial charge in [0.2, 0.25) is 17.6 Å². The van der Waals surface area contributed by atoms with E-state index in [4.69, 9.17) is 14.0 Å². The zero-order chi connectivity index (χ0) is 17.2. The van der Waals surface area contributed by atoms with Gasteiger partial charge in [-0.05, 0) is 12.1 Å². The first-order chi connectivity index (χ1) is 12.2. The second-order valence-corrected chi connectivity index (χ2v) is 6.08. The molecule has 4 heterocycles. The van der Waals surface area contributed by atoms with Crippen LogP contribution in [0.4, 0.5) is 0 Å². The molecule has 2 aromatic rings. The number of nitrogens with zero attached hydrogens (tertiary/aromatic N) is 3. The highest BCUT2D eigenvalue weighted by atomic mass is 16.6. The third-order valence-electron chi connectivity index (χ3n) is 4.35. The first kappa shape index (κ1) is 16.1. The van der Waals surface area contributed by atoms with Gasteiger partial charge >= 0.3 is 0 Å². The fraction of sp³-hybridized carbons (Fsp3) is 0.500. The van der Waals surface area contributed by atoms with Crippen molar-refractivity contribution >= 4 is 5.91 Å². The number of nitrogens with one attached hydrogen (secondary N) is 1. The van der Waals surface area contributed by atoms with Crippen LogP contribution in [0.2, 0.25) is 0 Å². The van der Waals surface area contributed by atoms with Crippen LogP contribution < -0.4 is 5.32 Å². The van der Waals surface area contributed by atoms with E-state index in [1.54, 1.807) is 24.5 Å². The highest BCUT2D eigenvalue weighted by molar-refractivity contribution is 5.76. The lowest BCUT2D eigenvalue weighted by molar-refractivity contribution is -0.122. The Morgan fingerprint density at radius 2 is 2.04 bits per heavy atom. The molecule has 1 amide bonds. The number of carbonyl (C=O) groups excluding carboxylic acids is 1. The third-order valence-corrected chi connectivity index (χ3v) is 4.35. The van der Waals surface area contributed by atoms with Crippen molar-refractivity contribution < 1.29 is 23.9 Å². The zero-order valence-electron chi connectivity index (χ0n) is 13.4. The van der Waals surface area contributed by atoms with E-state index in [0.717, 1.165) is 5.56 Å². The molecular formula is C16H18N4O5. The van der Waals surface area contributed by atoms with Gasteiger partial charge in [-0.1, -0.05) is 5.16 Å². The number of ether oxygens (including phenoxy) is 2. The van der Waals surface area contributed by atoms with Crippen LogP contribution in [0.3, 0.4) is 0 Å². The van der Waals surface area contributed by atoms with E-state index in [1.165, 1.54) is 0 Å². The molecule has 132 valence electrons. The zero-order valence-corrected chi connectivity index (χ0v) is 13.4. The van der Waals surface area contributed by atoms with E-state index >= 15 is 0 Å². The summed E-state index contributed by atoms with van der Waals surface area (Å²) in [5.74, 6) is 0.719. The number of aliphatic hydroxyl groups excluding tert-OH is 1. The molecule has 0 spiro atoms. The number of fused-ring (bicyclic) bond motifs is 1. The second kappa shape index (κ2) is 6.87. The molecule has 2 N–H and O–H groups in total. The van der Waals surface area contributed by atoms with Crippen molar-refractivity contribution in [3.8, 4) is 11.4 Å². The van der Waals surface area contributed by atoms with Crippen LogP contribution in [0, 0.1) is 0 Å². The quantitative estimate of drug-likeness (QED) is 0.758. The van der Waals surface area contributed by atoms with Crippen LogP contribution in [0.15, 0.2) is 29.0 Å². The number of rotatable bonds is 5. The Hall–Kier alpha value is -2.36. The molecule has 2 aliphatic rings. The lowest BCUT2D eigenvalue weighted by Crippen LogP contribution is -2.44. The summed E-state index contributed by atoms with van der Waals surface area (Å²) in [4.78, 5) is 20.4. The Labute approximate surface area is 143 Å².